The first-order valence-electron chi connectivity index (χ1n) is 4.81. The zero-order valence-electron chi connectivity index (χ0n) is 10.8. The summed E-state index contributed by atoms with van der Waals surface area (Å²) < 4.78 is 43.9. The maximum atomic E-state index is 12.4. The van der Waals surface area contributed by atoms with E-state index in [2.05, 4.69) is 15.4 Å². The van der Waals surface area contributed by atoms with Gasteiger partial charge in [-0.25, -0.2) is 0 Å². The summed E-state index contributed by atoms with van der Waals surface area (Å²) in [6.45, 7) is 0. The number of hydrogen-bond donors (Lipinski definition) is 1. The molecule has 0 spiro atoms. The van der Waals surface area contributed by atoms with E-state index in [0.29, 0.717) is 0 Å². The Labute approximate surface area is 109 Å². The number of anilines is 1. The Bertz CT molecular complexity index is 536. The molecule has 0 saturated carbocycles. The van der Waals surface area contributed by atoms with Crippen molar-refractivity contribution in [2.45, 2.75) is 0 Å². The Kier molecular flexibility index (Phi) is 5.14. The van der Waals surface area contributed by atoms with E-state index in [-0.39, 0.29) is 16.6 Å². The lowest BCUT2D eigenvalue weighted by molar-refractivity contribution is 0.282. The molecule has 0 amide bonds. The van der Waals surface area contributed by atoms with Gasteiger partial charge in [-0.1, -0.05) is 0 Å². The van der Waals surface area contributed by atoms with Crippen molar-refractivity contribution >= 4 is 31.7 Å². The van der Waals surface area contributed by atoms with Crippen LogP contribution in [0.2, 0.25) is 0 Å². The van der Waals surface area contributed by atoms with Crippen molar-refractivity contribution in [1.29, 1.82) is 0 Å². The molecule has 1 aromatic heterocycles. The van der Waals surface area contributed by atoms with Crippen LogP contribution in [0.5, 0.6) is 0 Å². The van der Waals surface area contributed by atoms with Crippen LogP contribution in [0.25, 0.3) is 0 Å². The number of hydrogen-bond acceptors (Lipinski definition) is 10. The Balaban J connectivity index is 3.65. The van der Waals surface area contributed by atoms with Crippen molar-refractivity contribution in [3.8, 4) is 0 Å². The molecular weight excluding hydrogens is 298 g/mol. The van der Waals surface area contributed by atoms with Gasteiger partial charge in [0.15, 0.2) is 11.3 Å². The predicted molar refractivity (Wildman–Crippen MR) is 66.8 cm³/mol. The van der Waals surface area contributed by atoms with Gasteiger partial charge in [-0.3, -0.25) is 9.13 Å². The van der Waals surface area contributed by atoms with Crippen molar-refractivity contribution in [3.05, 3.63) is 0 Å². The molecule has 0 aliphatic carbocycles. The molecule has 0 bridgehead atoms. The molecule has 2 N–H and O–H groups in total. The number of rotatable bonds is 6. The average molecular weight is 312 g/mol. The van der Waals surface area contributed by atoms with E-state index in [1.54, 1.807) is 0 Å². The molecule has 1 rings (SSSR count). The van der Waals surface area contributed by atoms with Gasteiger partial charge >= 0.3 is 15.2 Å². The molecule has 0 aliphatic heterocycles. The molecule has 0 aromatic carbocycles. The zero-order chi connectivity index (χ0) is 14.7. The summed E-state index contributed by atoms with van der Waals surface area (Å²) in [4.78, 5) is 0. The monoisotopic (exact) mass is 312 g/mol. The largest absolute Gasteiger partial charge is 0.382 e. The van der Waals surface area contributed by atoms with Gasteiger partial charge in [0.2, 0.25) is 0 Å². The quantitative estimate of drug-likeness (QED) is 0.695. The second-order valence-corrected chi connectivity index (χ2v) is 7.39. The van der Waals surface area contributed by atoms with Crippen LogP contribution in [0.1, 0.15) is 0 Å². The lowest BCUT2D eigenvalue weighted by Crippen LogP contribution is -2.34. The number of nitrogen functional groups attached to an aromatic ring is 1. The van der Waals surface area contributed by atoms with Crippen LogP contribution in [-0.4, -0.2) is 43.8 Å². The first kappa shape index (κ1) is 16.2. The fourth-order valence-electron chi connectivity index (χ4n) is 1.27. The highest BCUT2D eigenvalue weighted by molar-refractivity contribution is 7.68. The molecule has 0 fully saturated rings. The van der Waals surface area contributed by atoms with Gasteiger partial charge in [0.05, 0.1) is 0 Å². The van der Waals surface area contributed by atoms with Gasteiger partial charge in [0.25, 0.3) is 0 Å². The van der Waals surface area contributed by atoms with Crippen LogP contribution < -0.4 is 16.5 Å². The minimum Gasteiger partial charge on any atom is -0.381 e. The summed E-state index contributed by atoms with van der Waals surface area (Å²) in [7, 11) is -3.15. The van der Waals surface area contributed by atoms with Crippen molar-refractivity contribution in [2.24, 2.45) is 0 Å². The lowest BCUT2D eigenvalue weighted by atomic mass is 10.6. The predicted octanol–water partition coefficient (Wildman–Crippen LogP) is -0.324. The SMILES string of the molecule is COP(=O)(OC)c1nnnc(N)c1P(=O)(OC)OC. The van der Waals surface area contributed by atoms with Crippen molar-refractivity contribution in [2.75, 3.05) is 34.2 Å². The molecule has 0 saturated heterocycles. The van der Waals surface area contributed by atoms with Crippen molar-refractivity contribution in [3.63, 3.8) is 0 Å². The maximum absolute atomic E-state index is 12.4. The first-order valence-corrected chi connectivity index (χ1v) is 7.90. The normalized spacial score (nSPS) is 12.6. The van der Waals surface area contributed by atoms with E-state index in [0.717, 1.165) is 28.4 Å². The molecule has 108 valence electrons. The second-order valence-electron chi connectivity index (χ2n) is 3.07. The lowest BCUT2D eigenvalue weighted by Gasteiger charge is -2.20. The average Bonchev–Trinajstić information content (AvgIpc) is 2.45. The molecule has 1 aromatic rings. The van der Waals surface area contributed by atoms with Crippen LogP contribution in [0.3, 0.4) is 0 Å². The van der Waals surface area contributed by atoms with Gasteiger partial charge in [0.1, 0.15) is 5.30 Å². The number of nitrogens with zero attached hydrogens (tertiary/aromatic N) is 3. The number of nitrogens with two attached hydrogens (primary N) is 1. The van der Waals surface area contributed by atoms with Gasteiger partial charge in [-0.2, -0.15) is 0 Å². The zero-order valence-corrected chi connectivity index (χ0v) is 12.6. The molecule has 19 heavy (non-hydrogen) atoms. The summed E-state index contributed by atoms with van der Waals surface area (Å²) in [6, 6.07) is 0. The van der Waals surface area contributed by atoms with E-state index in [1.165, 1.54) is 0 Å². The van der Waals surface area contributed by atoms with Crippen LogP contribution in [0.15, 0.2) is 0 Å². The highest BCUT2D eigenvalue weighted by Crippen LogP contribution is 2.51. The smallest absolute Gasteiger partial charge is 0.381 e. The van der Waals surface area contributed by atoms with E-state index < -0.39 is 15.2 Å². The number of aromatic nitrogens is 3. The van der Waals surface area contributed by atoms with Crippen LogP contribution in [-0.2, 0) is 27.2 Å². The van der Waals surface area contributed by atoms with Gasteiger partial charge in [-0.05, 0) is 5.21 Å². The van der Waals surface area contributed by atoms with E-state index in [1.807, 2.05) is 0 Å². The third-order valence-corrected chi connectivity index (χ3v) is 6.16. The van der Waals surface area contributed by atoms with E-state index in [4.69, 9.17) is 23.8 Å². The van der Waals surface area contributed by atoms with Gasteiger partial charge in [-0.15, -0.1) is 10.2 Å². The summed E-state index contributed by atoms with van der Waals surface area (Å²) in [5.41, 5.74) is 5.22. The van der Waals surface area contributed by atoms with Crippen LogP contribution >= 0.6 is 15.2 Å². The Morgan fingerprint density at radius 2 is 1.37 bits per heavy atom. The Morgan fingerprint density at radius 3 is 1.79 bits per heavy atom. The minimum atomic E-state index is -3.85. The summed E-state index contributed by atoms with van der Waals surface area (Å²) in [5, 5.41) is 9.97. The molecule has 12 heteroatoms. The first-order chi connectivity index (χ1) is 8.88. The van der Waals surface area contributed by atoms with E-state index >= 15 is 0 Å². The van der Waals surface area contributed by atoms with Gasteiger partial charge in [0, 0.05) is 28.4 Å². The van der Waals surface area contributed by atoms with Crippen LogP contribution in [0.4, 0.5) is 5.82 Å². The molecular formula is C7H14N4O6P2. The Hall–Kier alpha value is -0.890. The molecule has 0 aliphatic rings. The van der Waals surface area contributed by atoms with Crippen molar-refractivity contribution < 1.29 is 27.2 Å². The molecule has 0 unspecified atom stereocenters. The maximum Gasteiger partial charge on any atom is 0.382 e. The Morgan fingerprint density at radius 1 is 0.895 bits per heavy atom. The summed E-state index contributed by atoms with van der Waals surface area (Å²) in [6.07, 6.45) is 0. The third-order valence-electron chi connectivity index (χ3n) is 2.24. The second kappa shape index (κ2) is 6.04. The van der Waals surface area contributed by atoms with Crippen LogP contribution in [0, 0.1) is 0 Å². The van der Waals surface area contributed by atoms with Gasteiger partial charge < -0.3 is 23.8 Å². The fourth-order valence-corrected chi connectivity index (χ4v) is 4.16. The minimum absolute atomic E-state index is 0.292. The van der Waals surface area contributed by atoms with Crippen molar-refractivity contribution in [1.82, 2.24) is 15.4 Å². The standard InChI is InChI=1S/C7H14N4O6P2/c1-14-18(12,15-2)5-6(8)9-11-10-7(5)19(13,16-3)17-4/h1-4H3,(H2,8,9,10). The highest BCUT2D eigenvalue weighted by atomic mass is 31.2. The topological polar surface area (TPSA) is 136 Å². The molecule has 0 atom stereocenters. The summed E-state index contributed by atoms with van der Waals surface area (Å²) >= 11 is 0. The molecule has 1 heterocycles. The molecule has 10 nitrogen and oxygen atoms in total. The summed E-state index contributed by atoms with van der Waals surface area (Å²) in [5.74, 6) is -0.300. The molecule has 0 radical (unpaired) electrons. The highest BCUT2D eigenvalue weighted by Gasteiger charge is 2.41. The van der Waals surface area contributed by atoms with E-state index in [9.17, 15) is 9.13 Å². The fraction of sp³-hybridized carbons (Fsp3) is 0.571. The third kappa shape index (κ3) is 2.84.